The Bertz CT molecular complexity index is 281. The molecule has 0 aliphatic rings. The number of rotatable bonds is 3. The van der Waals surface area contributed by atoms with E-state index in [2.05, 4.69) is 50.9 Å². The Kier molecular flexibility index (Phi) is 3.35. The molecule has 2 heteroatoms. The van der Waals surface area contributed by atoms with Crippen molar-refractivity contribution in [1.29, 1.82) is 0 Å². The first-order valence-electron chi connectivity index (χ1n) is 5.51. The summed E-state index contributed by atoms with van der Waals surface area (Å²) in [4.78, 5) is 0. The molecule has 1 heterocycles. The average molecular weight is 194 g/mol. The van der Waals surface area contributed by atoms with E-state index in [0.29, 0.717) is 5.92 Å². The zero-order chi connectivity index (χ0) is 10.8. The molecule has 0 aliphatic heterocycles. The predicted octanol–water partition coefficient (Wildman–Crippen LogP) is 3.61. The van der Waals surface area contributed by atoms with Gasteiger partial charge in [0.25, 0.3) is 0 Å². The van der Waals surface area contributed by atoms with Crippen LogP contribution in [0.3, 0.4) is 0 Å². The van der Waals surface area contributed by atoms with Crippen molar-refractivity contribution in [2.75, 3.05) is 0 Å². The minimum atomic E-state index is 0.178. The molecule has 0 saturated carbocycles. The van der Waals surface area contributed by atoms with Crippen LogP contribution in [0.15, 0.2) is 6.07 Å². The minimum absolute atomic E-state index is 0.178. The maximum Gasteiger partial charge on any atom is 0.0653 e. The van der Waals surface area contributed by atoms with Crippen LogP contribution in [0.5, 0.6) is 0 Å². The number of nitrogens with zero attached hydrogens (tertiary/aromatic N) is 1. The van der Waals surface area contributed by atoms with Gasteiger partial charge >= 0.3 is 0 Å². The third-order valence-corrected chi connectivity index (χ3v) is 2.63. The van der Waals surface area contributed by atoms with E-state index in [0.717, 1.165) is 0 Å². The summed E-state index contributed by atoms with van der Waals surface area (Å²) in [6.45, 7) is 11.1. The van der Waals surface area contributed by atoms with E-state index in [1.54, 1.807) is 0 Å². The smallest absolute Gasteiger partial charge is 0.0653 e. The number of aromatic nitrogens is 2. The first-order chi connectivity index (χ1) is 6.45. The van der Waals surface area contributed by atoms with Crippen molar-refractivity contribution in [1.82, 2.24) is 10.2 Å². The van der Waals surface area contributed by atoms with Crippen molar-refractivity contribution < 1.29 is 0 Å². The van der Waals surface area contributed by atoms with Gasteiger partial charge in [0.05, 0.1) is 5.69 Å². The van der Waals surface area contributed by atoms with Gasteiger partial charge in [-0.15, -0.1) is 0 Å². The van der Waals surface area contributed by atoms with Crippen molar-refractivity contribution >= 4 is 0 Å². The highest BCUT2D eigenvalue weighted by Gasteiger charge is 2.18. The van der Waals surface area contributed by atoms with Gasteiger partial charge in [0.2, 0.25) is 0 Å². The van der Waals surface area contributed by atoms with Crippen LogP contribution >= 0.6 is 0 Å². The number of aromatic amines is 1. The monoisotopic (exact) mass is 194 g/mol. The number of hydrogen-bond acceptors (Lipinski definition) is 1. The molecule has 1 N–H and O–H groups in total. The molecule has 80 valence electrons. The minimum Gasteiger partial charge on any atom is -0.282 e. The Labute approximate surface area is 87.1 Å². The van der Waals surface area contributed by atoms with Crippen LogP contribution in [-0.2, 0) is 5.41 Å². The topological polar surface area (TPSA) is 28.7 Å². The van der Waals surface area contributed by atoms with Gasteiger partial charge in [0.15, 0.2) is 0 Å². The quantitative estimate of drug-likeness (QED) is 0.782. The molecule has 0 radical (unpaired) electrons. The highest BCUT2D eigenvalue weighted by molar-refractivity contribution is 5.18. The van der Waals surface area contributed by atoms with Gasteiger partial charge in [-0.25, -0.2) is 0 Å². The van der Waals surface area contributed by atoms with Gasteiger partial charge in [-0.1, -0.05) is 41.0 Å². The summed E-state index contributed by atoms with van der Waals surface area (Å²) < 4.78 is 0. The summed E-state index contributed by atoms with van der Waals surface area (Å²) in [6.07, 6.45) is 2.44. The third-order valence-electron chi connectivity index (χ3n) is 2.63. The summed E-state index contributed by atoms with van der Waals surface area (Å²) >= 11 is 0. The molecule has 1 aromatic heterocycles. The zero-order valence-corrected chi connectivity index (χ0v) is 10.0. The summed E-state index contributed by atoms with van der Waals surface area (Å²) in [6, 6.07) is 2.21. The Morgan fingerprint density at radius 3 is 2.50 bits per heavy atom. The molecule has 1 aromatic rings. The second kappa shape index (κ2) is 4.16. The van der Waals surface area contributed by atoms with Crippen LogP contribution < -0.4 is 0 Å². The summed E-state index contributed by atoms with van der Waals surface area (Å²) in [5.41, 5.74) is 2.62. The van der Waals surface area contributed by atoms with Crippen molar-refractivity contribution in [2.24, 2.45) is 0 Å². The van der Waals surface area contributed by atoms with Crippen molar-refractivity contribution in [2.45, 2.75) is 58.8 Å². The number of H-pyrrole nitrogens is 1. The molecular formula is C12H22N2. The van der Waals surface area contributed by atoms with Crippen LogP contribution in [0.25, 0.3) is 0 Å². The molecule has 0 spiro atoms. The molecule has 1 unspecified atom stereocenters. The highest BCUT2D eigenvalue weighted by atomic mass is 15.1. The van der Waals surface area contributed by atoms with Gasteiger partial charge < -0.3 is 0 Å². The second-order valence-corrected chi connectivity index (χ2v) is 5.15. The molecule has 2 nitrogen and oxygen atoms in total. The van der Waals surface area contributed by atoms with E-state index < -0.39 is 0 Å². The van der Waals surface area contributed by atoms with Crippen molar-refractivity contribution in [3.05, 3.63) is 17.5 Å². The molecule has 0 aromatic carbocycles. The Hall–Kier alpha value is -0.790. The Morgan fingerprint density at radius 1 is 1.43 bits per heavy atom. The van der Waals surface area contributed by atoms with Gasteiger partial charge in [-0.3, -0.25) is 5.10 Å². The SMILES string of the molecule is CCCC(C)c1cc(C(C)(C)C)[nH]n1. The molecule has 0 saturated heterocycles. The average Bonchev–Trinajstić information content (AvgIpc) is 2.51. The van der Waals surface area contributed by atoms with Crippen LogP contribution in [0, 0.1) is 0 Å². The van der Waals surface area contributed by atoms with Gasteiger partial charge in [0.1, 0.15) is 0 Å². The van der Waals surface area contributed by atoms with E-state index in [-0.39, 0.29) is 5.41 Å². The maximum absolute atomic E-state index is 4.38. The van der Waals surface area contributed by atoms with Gasteiger partial charge in [-0.2, -0.15) is 5.10 Å². The summed E-state index contributed by atoms with van der Waals surface area (Å²) in [7, 11) is 0. The first-order valence-corrected chi connectivity index (χ1v) is 5.51. The van der Waals surface area contributed by atoms with Crippen molar-refractivity contribution in [3.63, 3.8) is 0 Å². The lowest BCUT2D eigenvalue weighted by atomic mass is 9.91. The lowest BCUT2D eigenvalue weighted by Crippen LogP contribution is -2.11. The van der Waals surface area contributed by atoms with E-state index in [9.17, 15) is 0 Å². The standard InChI is InChI=1S/C12H22N2/c1-6-7-9(2)10-8-11(14-13-10)12(3,4)5/h8-9H,6-7H2,1-5H3,(H,13,14). The Balaban J connectivity index is 2.78. The Morgan fingerprint density at radius 2 is 2.07 bits per heavy atom. The first kappa shape index (κ1) is 11.3. The normalized spacial score (nSPS) is 14.4. The molecule has 0 bridgehead atoms. The fraction of sp³-hybridized carbons (Fsp3) is 0.750. The molecule has 14 heavy (non-hydrogen) atoms. The lowest BCUT2D eigenvalue weighted by Gasteiger charge is -2.14. The van der Waals surface area contributed by atoms with Crippen LogP contribution in [0.2, 0.25) is 0 Å². The molecule has 1 rings (SSSR count). The fourth-order valence-electron chi connectivity index (χ4n) is 1.55. The zero-order valence-electron chi connectivity index (χ0n) is 10.0. The molecular weight excluding hydrogens is 172 g/mol. The van der Waals surface area contributed by atoms with Crippen molar-refractivity contribution in [3.8, 4) is 0 Å². The third kappa shape index (κ3) is 2.60. The van der Waals surface area contributed by atoms with Crippen LogP contribution in [-0.4, -0.2) is 10.2 Å². The molecule has 0 amide bonds. The van der Waals surface area contributed by atoms with E-state index in [4.69, 9.17) is 0 Å². The molecule has 1 atom stereocenters. The molecule has 0 aliphatic carbocycles. The van der Waals surface area contributed by atoms with Crippen LogP contribution in [0.1, 0.15) is 64.8 Å². The van der Waals surface area contributed by atoms with Gasteiger partial charge in [0, 0.05) is 17.0 Å². The summed E-state index contributed by atoms with van der Waals surface area (Å²) in [5, 5.41) is 7.51. The lowest BCUT2D eigenvalue weighted by molar-refractivity contribution is 0.566. The predicted molar refractivity (Wildman–Crippen MR) is 60.6 cm³/mol. The number of nitrogens with one attached hydrogen (secondary N) is 1. The molecule has 0 fully saturated rings. The number of hydrogen-bond donors (Lipinski definition) is 1. The van der Waals surface area contributed by atoms with Gasteiger partial charge in [-0.05, 0) is 12.5 Å². The largest absolute Gasteiger partial charge is 0.282 e. The van der Waals surface area contributed by atoms with Crippen LogP contribution in [0.4, 0.5) is 0 Å². The fourth-order valence-corrected chi connectivity index (χ4v) is 1.55. The van der Waals surface area contributed by atoms with E-state index >= 15 is 0 Å². The summed E-state index contributed by atoms with van der Waals surface area (Å²) in [5.74, 6) is 0.576. The van der Waals surface area contributed by atoms with E-state index in [1.807, 2.05) is 0 Å². The maximum atomic E-state index is 4.38. The van der Waals surface area contributed by atoms with E-state index in [1.165, 1.54) is 24.2 Å². The second-order valence-electron chi connectivity index (χ2n) is 5.15. The highest BCUT2D eigenvalue weighted by Crippen LogP contribution is 2.25.